The van der Waals surface area contributed by atoms with E-state index in [2.05, 4.69) is 0 Å². The van der Waals surface area contributed by atoms with Crippen molar-refractivity contribution in [1.82, 2.24) is 0 Å². The fraction of sp³-hybridized carbons (Fsp3) is 0.316. The molecular weight excluding hydrogens is 288 g/mol. The lowest BCUT2D eigenvalue weighted by atomic mass is 10.0. The number of amides is 1. The summed E-state index contributed by atoms with van der Waals surface area (Å²) < 4.78 is 6.02. The zero-order chi connectivity index (χ0) is 16.6. The first-order valence-corrected chi connectivity index (χ1v) is 7.78. The van der Waals surface area contributed by atoms with Crippen molar-refractivity contribution in [3.05, 3.63) is 59.7 Å². The van der Waals surface area contributed by atoms with Crippen molar-refractivity contribution in [3.8, 4) is 5.75 Å². The molecule has 0 radical (unpaired) electrons. The Hall–Kier alpha value is -2.33. The number of carbonyl (C=O) groups is 1. The number of carbonyl (C=O) groups excluding carboxylic acids is 1. The molecule has 1 aliphatic heterocycles. The summed E-state index contributed by atoms with van der Waals surface area (Å²) in [6, 6.07) is 15.4. The number of nitrogens with two attached hydrogens (primary N) is 1. The average molecular weight is 310 g/mol. The Kier molecular flexibility index (Phi) is 3.86. The maximum Gasteiger partial charge on any atom is 0.272 e. The van der Waals surface area contributed by atoms with Crippen molar-refractivity contribution in [2.24, 2.45) is 5.73 Å². The molecule has 4 heteroatoms. The molecule has 0 saturated carbocycles. The molecule has 2 N–H and O–H groups in total. The van der Waals surface area contributed by atoms with Crippen LogP contribution in [0.2, 0.25) is 0 Å². The van der Waals surface area contributed by atoms with Crippen molar-refractivity contribution in [1.29, 1.82) is 0 Å². The van der Waals surface area contributed by atoms with Gasteiger partial charge in [-0.15, -0.1) is 0 Å². The Morgan fingerprint density at radius 3 is 2.52 bits per heavy atom. The lowest BCUT2D eigenvalue weighted by molar-refractivity contribution is -0.126. The number of rotatable bonds is 3. The largest absolute Gasteiger partial charge is 0.474 e. The smallest absolute Gasteiger partial charge is 0.272 e. The van der Waals surface area contributed by atoms with Crippen molar-refractivity contribution in [2.75, 3.05) is 11.4 Å². The van der Waals surface area contributed by atoms with E-state index in [0.717, 1.165) is 22.6 Å². The Morgan fingerprint density at radius 2 is 1.87 bits per heavy atom. The minimum absolute atomic E-state index is 0.0777. The van der Waals surface area contributed by atoms with Gasteiger partial charge >= 0.3 is 0 Å². The van der Waals surface area contributed by atoms with Crippen LogP contribution < -0.4 is 15.4 Å². The molecule has 1 atom stereocenters. The molecule has 1 amide bonds. The molecule has 1 heterocycles. The standard InChI is InChI=1S/C19H22N2O2/c1-13-9-10-15-16(11-13)23-17(14-7-5-4-6-8-14)18(22)21(15)12-19(2,3)20/h4-11,17H,12,20H2,1-3H3. The van der Waals surface area contributed by atoms with Crippen LogP contribution in [-0.4, -0.2) is 18.0 Å². The number of hydrogen-bond donors (Lipinski definition) is 1. The summed E-state index contributed by atoms with van der Waals surface area (Å²) in [5.41, 5.74) is 8.40. The van der Waals surface area contributed by atoms with E-state index in [4.69, 9.17) is 10.5 Å². The van der Waals surface area contributed by atoms with Crippen molar-refractivity contribution in [2.45, 2.75) is 32.4 Å². The third kappa shape index (κ3) is 3.22. The van der Waals surface area contributed by atoms with Crippen LogP contribution >= 0.6 is 0 Å². The SMILES string of the molecule is Cc1ccc2c(c1)OC(c1ccccc1)C(=O)N2CC(C)(C)N. The first-order chi connectivity index (χ1) is 10.8. The van der Waals surface area contributed by atoms with E-state index >= 15 is 0 Å². The summed E-state index contributed by atoms with van der Waals surface area (Å²) in [6.45, 7) is 6.28. The molecule has 0 aromatic heterocycles. The van der Waals surface area contributed by atoms with E-state index in [1.165, 1.54) is 0 Å². The molecule has 4 nitrogen and oxygen atoms in total. The van der Waals surface area contributed by atoms with Crippen LogP contribution in [0.5, 0.6) is 5.75 Å². The molecule has 2 aromatic carbocycles. The van der Waals surface area contributed by atoms with Crippen molar-refractivity contribution < 1.29 is 9.53 Å². The van der Waals surface area contributed by atoms with Crippen LogP contribution in [0.3, 0.4) is 0 Å². The van der Waals surface area contributed by atoms with Crippen LogP contribution in [0.4, 0.5) is 5.69 Å². The molecule has 1 aliphatic rings. The highest BCUT2D eigenvalue weighted by molar-refractivity contribution is 6.00. The topological polar surface area (TPSA) is 55.6 Å². The zero-order valence-corrected chi connectivity index (χ0v) is 13.7. The Labute approximate surface area is 136 Å². The molecular formula is C19H22N2O2. The van der Waals surface area contributed by atoms with Gasteiger partial charge in [-0.3, -0.25) is 4.79 Å². The number of nitrogens with zero attached hydrogens (tertiary/aromatic N) is 1. The van der Waals surface area contributed by atoms with E-state index in [9.17, 15) is 4.79 Å². The van der Waals surface area contributed by atoms with Gasteiger partial charge in [0.2, 0.25) is 6.10 Å². The fourth-order valence-electron chi connectivity index (χ4n) is 2.79. The lowest BCUT2D eigenvalue weighted by Crippen LogP contribution is -2.51. The Bertz CT molecular complexity index is 720. The third-order valence-electron chi connectivity index (χ3n) is 3.81. The summed E-state index contributed by atoms with van der Waals surface area (Å²) in [6.07, 6.45) is -0.632. The first kappa shape index (κ1) is 15.6. The highest BCUT2D eigenvalue weighted by Crippen LogP contribution is 2.39. The minimum atomic E-state index is -0.632. The highest BCUT2D eigenvalue weighted by atomic mass is 16.5. The van der Waals surface area contributed by atoms with Gasteiger partial charge in [0, 0.05) is 17.6 Å². The van der Waals surface area contributed by atoms with E-state index in [-0.39, 0.29) is 5.91 Å². The highest BCUT2D eigenvalue weighted by Gasteiger charge is 2.37. The molecule has 23 heavy (non-hydrogen) atoms. The van der Waals surface area contributed by atoms with Crippen LogP contribution in [0.1, 0.15) is 31.1 Å². The maximum atomic E-state index is 13.0. The number of ether oxygens (including phenoxy) is 1. The van der Waals surface area contributed by atoms with Gasteiger partial charge in [0.25, 0.3) is 5.91 Å². The number of anilines is 1. The van der Waals surface area contributed by atoms with Gasteiger partial charge in [-0.05, 0) is 38.5 Å². The van der Waals surface area contributed by atoms with Crippen molar-refractivity contribution >= 4 is 11.6 Å². The van der Waals surface area contributed by atoms with Gasteiger partial charge < -0.3 is 15.4 Å². The fourth-order valence-corrected chi connectivity index (χ4v) is 2.79. The molecule has 3 rings (SSSR count). The molecule has 0 saturated heterocycles. The number of hydrogen-bond acceptors (Lipinski definition) is 3. The molecule has 120 valence electrons. The van der Waals surface area contributed by atoms with E-state index in [1.54, 1.807) is 4.90 Å². The average Bonchev–Trinajstić information content (AvgIpc) is 2.49. The Balaban J connectivity index is 2.06. The number of benzene rings is 2. The van der Waals surface area contributed by atoms with Crippen LogP contribution in [0, 0.1) is 6.92 Å². The summed E-state index contributed by atoms with van der Waals surface area (Å²) in [7, 11) is 0. The summed E-state index contributed by atoms with van der Waals surface area (Å²) in [5.74, 6) is 0.647. The molecule has 0 fully saturated rings. The number of aryl methyl sites for hydroxylation is 1. The van der Waals surface area contributed by atoms with Crippen LogP contribution in [0.15, 0.2) is 48.5 Å². The van der Waals surface area contributed by atoms with Crippen LogP contribution in [0.25, 0.3) is 0 Å². The van der Waals surface area contributed by atoms with E-state index in [0.29, 0.717) is 6.54 Å². The monoisotopic (exact) mass is 310 g/mol. The van der Waals surface area contributed by atoms with Crippen LogP contribution in [-0.2, 0) is 4.79 Å². The molecule has 0 spiro atoms. The molecule has 2 aromatic rings. The van der Waals surface area contributed by atoms with Crippen molar-refractivity contribution in [3.63, 3.8) is 0 Å². The Morgan fingerprint density at radius 1 is 1.17 bits per heavy atom. The maximum absolute atomic E-state index is 13.0. The number of fused-ring (bicyclic) bond motifs is 1. The second-order valence-corrected chi connectivity index (χ2v) is 6.79. The first-order valence-electron chi connectivity index (χ1n) is 7.78. The van der Waals surface area contributed by atoms with E-state index < -0.39 is 11.6 Å². The molecule has 1 unspecified atom stereocenters. The second kappa shape index (κ2) is 5.70. The predicted octanol–water partition coefficient (Wildman–Crippen LogP) is 3.20. The van der Waals surface area contributed by atoms with Gasteiger partial charge in [0.05, 0.1) is 5.69 Å². The lowest BCUT2D eigenvalue weighted by Gasteiger charge is -2.37. The summed E-state index contributed by atoms with van der Waals surface area (Å²) >= 11 is 0. The minimum Gasteiger partial charge on any atom is -0.474 e. The molecule has 0 aliphatic carbocycles. The zero-order valence-electron chi connectivity index (χ0n) is 13.7. The molecule has 0 bridgehead atoms. The quantitative estimate of drug-likeness (QED) is 0.947. The predicted molar refractivity (Wildman–Crippen MR) is 91.6 cm³/mol. The summed E-state index contributed by atoms with van der Waals surface area (Å²) in [5, 5.41) is 0. The van der Waals surface area contributed by atoms with Gasteiger partial charge in [-0.25, -0.2) is 0 Å². The second-order valence-electron chi connectivity index (χ2n) is 6.79. The van der Waals surface area contributed by atoms with E-state index in [1.807, 2.05) is 69.3 Å². The van der Waals surface area contributed by atoms with Gasteiger partial charge in [0.1, 0.15) is 5.75 Å². The van der Waals surface area contributed by atoms with Gasteiger partial charge in [-0.1, -0.05) is 36.4 Å². The third-order valence-corrected chi connectivity index (χ3v) is 3.81. The van der Waals surface area contributed by atoms with Gasteiger partial charge in [0.15, 0.2) is 0 Å². The van der Waals surface area contributed by atoms with Gasteiger partial charge in [-0.2, -0.15) is 0 Å². The normalized spacial score (nSPS) is 17.7. The summed E-state index contributed by atoms with van der Waals surface area (Å²) in [4.78, 5) is 14.7.